The summed E-state index contributed by atoms with van der Waals surface area (Å²) in [5, 5.41) is 3.06. The largest absolute Gasteiger partial charge is 0.465 e. The molecule has 0 aliphatic rings. The molecule has 0 aliphatic carbocycles. The number of amides is 1. The van der Waals surface area contributed by atoms with Crippen LogP contribution in [0.25, 0.3) is 0 Å². The van der Waals surface area contributed by atoms with Crippen molar-refractivity contribution in [2.24, 2.45) is 11.7 Å². The summed E-state index contributed by atoms with van der Waals surface area (Å²) in [6.07, 6.45) is 0.590. The maximum atomic E-state index is 12.1. The van der Waals surface area contributed by atoms with Crippen LogP contribution < -0.4 is 11.1 Å². The second kappa shape index (κ2) is 7.19. The van der Waals surface area contributed by atoms with E-state index in [0.29, 0.717) is 28.0 Å². The van der Waals surface area contributed by atoms with E-state index in [-0.39, 0.29) is 11.3 Å². The average molecular weight is 327 g/mol. The van der Waals surface area contributed by atoms with E-state index in [2.05, 4.69) is 10.3 Å². The zero-order valence-corrected chi connectivity index (χ0v) is 14.8. The van der Waals surface area contributed by atoms with Gasteiger partial charge >= 0.3 is 5.97 Å². The number of carbonyl (C=O) groups is 2. The number of rotatable bonds is 5. The van der Waals surface area contributed by atoms with Crippen LogP contribution in [0.2, 0.25) is 0 Å². The maximum absolute atomic E-state index is 12.1. The summed E-state index contributed by atoms with van der Waals surface area (Å²) in [6.45, 7) is 9.85. The van der Waals surface area contributed by atoms with Crippen LogP contribution in [0.4, 0.5) is 5.13 Å². The van der Waals surface area contributed by atoms with Crippen molar-refractivity contribution in [1.29, 1.82) is 0 Å². The number of hydrogen-bond acceptors (Lipinski definition) is 6. The molecule has 0 radical (unpaired) electrons. The number of carbonyl (C=O) groups excluding carboxylic acids is 2. The summed E-state index contributed by atoms with van der Waals surface area (Å²) in [5.41, 5.74) is 6.13. The minimum atomic E-state index is -0.594. The number of nitrogens with one attached hydrogen (secondary N) is 1. The third kappa shape index (κ3) is 4.78. The van der Waals surface area contributed by atoms with Crippen LogP contribution in [0, 0.1) is 5.92 Å². The minimum absolute atomic E-state index is 0.292. The van der Waals surface area contributed by atoms with E-state index >= 15 is 0 Å². The number of nitrogens with zero attached hydrogens (tertiary/aromatic N) is 1. The molecule has 1 heterocycles. The van der Waals surface area contributed by atoms with Gasteiger partial charge < -0.3 is 15.8 Å². The lowest BCUT2D eigenvalue weighted by molar-refractivity contribution is -0.117. The number of anilines is 1. The second-order valence-electron chi connectivity index (χ2n) is 6.66. The van der Waals surface area contributed by atoms with Gasteiger partial charge in [0.25, 0.3) is 0 Å². The second-order valence-corrected chi connectivity index (χ2v) is 7.66. The van der Waals surface area contributed by atoms with Gasteiger partial charge in [-0.2, -0.15) is 0 Å². The van der Waals surface area contributed by atoms with Gasteiger partial charge in [-0.15, -0.1) is 0 Å². The van der Waals surface area contributed by atoms with Crippen molar-refractivity contribution in [2.75, 3.05) is 12.4 Å². The first-order valence-corrected chi connectivity index (χ1v) is 8.04. The molecule has 22 heavy (non-hydrogen) atoms. The van der Waals surface area contributed by atoms with E-state index in [0.717, 1.165) is 11.3 Å². The molecule has 0 fully saturated rings. The van der Waals surface area contributed by atoms with Gasteiger partial charge in [-0.25, -0.2) is 9.78 Å². The third-order valence-electron chi connectivity index (χ3n) is 3.00. The predicted octanol–water partition coefficient (Wildman–Crippen LogP) is 2.54. The fraction of sp³-hybridized carbons (Fsp3) is 0.667. The van der Waals surface area contributed by atoms with Crippen LogP contribution in [0.15, 0.2) is 0 Å². The van der Waals surface area contributed by atoms with Gasteiger partial charge in [0.2, 0.25) is 5.91 Å². The Morgan fingerprint density at radius 1 is 1.36 bits per heavy atom. The van der Waals surface area contributed by atoms with Crippen molar-refractivity contribution >= 4 is 28.3 Å². The van der Waals surface area contributed by atoms with Gasteiger partial charge in [-0.3, -0.25) is 4.79 Å². The Hall–Kier alpha value is -1.47. The van der Waals surface area contributed by atoms with Crippen LogP contribution >= 0.6 is 11.3 Å². The van der Waals surface area contributed by atoms with Crippen LogP contribution in [0.3, 0.4) is 0 Å². The molecule has 0 bridgehead atoms. The highest BCUT2D eigenvalue weighted by Gasteiger charge is 2.28. The number of nitrogens with two attached hydrogens (primary N) is 1. The molecular formula is C15H25N3O3S. The number of methoxy groups -OCH3 is 1. The fourth-order valence-corrected chi connectivity index (χ4v) is 3.02. The molecule has 0 spiro atoms. The Balaban J connectivity index is 3.00. The summed E-state index contributed by atoms with van der Waals surface area (Å²) in [4.78, 5) is 28.7. The monoisotopic (exact) mass is 327 g/mol. The highest BCUT2D eigenvalue weighted by Crippen LogP contribution is 2.32. The van der Waals surface area contributed by atoms with Gasteiger partial charge in [0.1, 0.15) is 4.88 Å². The first-order valence-electron chi connectivity index (χ1n) is 7.22. The van der Waals surface area contributed by atoms with Crippen molar-refractivity contribution < 1.29 is 14.3 Å². The molecular weight excluding hydrogens is 302 g/mol. The lowest BCUT2D eigenvalue weighted by atomic mass is 9.91. The Bertz CT molecular complexity index is 547. The summed E-state index contributed by atoms with van der Waals surface area (Å²) in [6, 6.07) is -0.594. The van der Waals surface area contributed by atoms with E-state index in [1.807, 2.05) is 34.6 Å². The van der Waals surface area contributed by atoms with Gasteiger partial charge in [0.15, 0.2) is 5.13 Å². The Morgan fingerprint density at radius 3 is 2.41 bits per heavy atom. The molecule has 1 aromatic heterocycles. The highest BCUT2D eigenvalue weighted by atomic mass is 32.1. The van der Waals surface area contributed by atoms with E-state index in [1.54, 1.807) is 0 Å². The smallest absolute Gasteiger partial charge is 0.350 e. The highest BCUT2D eigenvalue weighted by molar-refractivity contribution is 7.17. The maximum Gasteiger partial charge on any atom is 0.350 e. The van der Waals surface area contributed by atoms with E-state index in [9.17, 15) is 9.59 Å². The number of hydrogen-bond donors (Lipinski definition) is 2. The SMILES string of the molecule is COC(=O)c1sc(NC(=O)[C@@H](N)CC(C)C)nc1C(C)(C)C. The topological polar surface area (TPSA) is 94.3 Å². The van der Waals surface area contributed by atoms with Gasteiger partial charge in [-0.1, -0.05) is 46.0 Å². The minimum Gasteiger partial charge on any atom is -0.465 e. The molecule has 124 valence electrons. The van der Waals surface area contributed by atoms with Crippen LogP contribution in [0.1, 0.15) is 56.4 Å². The number of aromatic nitrogens is 1. The summed E-state index contributed by atoms with van der Waals surface area (Å²) in [5.74, 6) is -0.415. The van der Waals surface area contributed by atoms with E-state index in [4.69, 9.17) is 10.5 Å². The van der Waals surface area contributed by atoms with Gasteiger partial charge in [-0.05, 0) is 12.3 Å². The predicted molar refractivity (Wildman–Crippen MR) is 88.2 cm³/mol. The molecule has 6 nitrogen and oxygen atoms in total. The molecule has 0 saturated heterocycles. The van der Waals surface area contributed by atoms with Crippen molar-refractivity contribution in [2.45, 2.75) is 52.5 Å². The quantitative estimate of drug-likeness (QED) is 0.810. The number of esters is 1. The molecule has 1 rings (SSSR count). The Kier molecular flexibility index (Phi) is 6.08. The standard InChI is InChI=1S/C15H25N3O3S/c1-8(2)7-9(16)12(19)18-14-17-11(15(3,4)5)10(22-14)13(20)21-6/h8-9H,7,16H2,1-6H3,(H,17,18,19)/t9-/m0/s1. The first kappa shape index (κ1) is 18.6. The van der Waals surface area contributed by atoms with Gasteiger partial charge in [0, 0.05) is 5.41 Å². The third-order valence-corrected chi connectivity index (χ3v) is 3.95. The first-order chi connectivity index (χ1) is 10.1. The number of ether oxygens (including phenoxy) is 1. The summed E-state index contributed by atoms with van der Waals surface area (Å²) < 4.78 is 4.78. The molecule has 1 aromatic rings. The Labute approximate surface area is 135 Å². The lowest BCUT2D eigenvalue weighted by Gasteiger charge is -2.16. The van der Waals surface area contributed by atoms with Crippen LogP contribution in [-0.2, 0) is 14.9 Å². The van der Waals surface area contributed by atoms with E-state index < -0.39 is 12.0 Å². The molecule has 0 saturated carbocycles. The van der Waals surface area contributed by atoms with Gasteiger partial charge in [0.05, 0.1) is 18.8 Å². The lowest BCUT2D eigenvalue weighted by Crippen LogP contribution is -2.36. The van der Waals surface area contributed by atoms with Crippen molar-refractivity contribution in [3.63, 3.8) is 0 Å². The normalized spacial score (nSPS) is 13.1. The molecule has 3 N–H and O–H groups in total. The summed E-state index contributed by atoms with van der Waals surface area (Å²) >= 11 is 1.11. The molecule has 0 unspecified atom stereocenters. The zero-order valence-electron chi connectivity index (χ0n) is 14.0. The van der Waals surface area contributed by atoms with Crippen LogP contribution in [0.5, 0.6) is 0 Å². The molecule has 1 amide bonds. The number of thiazole rings is 1. The van der Waals surface area contributed by atoms with Crippen molar-refractivity contribution in [1.82, 2.24) is 4.98 Å². The molecule has 0 aromatic carbocycles. The fourth-order valence-electron chi connectivity index (χ4n) is 1.93. The van der Waals surface area contributed by atoms with E-state index in [1.165, 1.54) is 7.11 Å². The summed E-state index contributed by atoms with van der Waals surface area (Å²) in [7, 11) is 1.32. The molecule has 7 heteroatoms. The van der Waals surface area contributed by atoms with Crippen molar-refractivity contribution in [3.8, 4) is 0 Å². The molecule has 1 atom stereocenters. The Morgan fingerprint density at radius 2 is 1.95 bits per heavy atom. The zero-order chi connectivity index (χ0) is 17.1. The van der Waals surface area contributed by atoms with Crippen LogP contribution in [-0.4, -0.2) is 30.0 Å². The van der Waals surface area contributed by atoms with Crippen molar-refractivity contribution in [3.05, 3.63) is 10.6 Å². The molecule has 0 aliphatic heterocycles. The average Bonchev–Trinajstić information content (AvgIpc) is 2.80.